The average Bonchev–Trinajstić information content (AvgIpc) is 3.14. The number of hydrogen-bond donors (Lipinski definition) is 2. The van der Waals surface area contributed by atoms with Crippen LogP contribution in [0.5, 0.6) is 0 Å². The Balaban J connectivity index is 1.74. The number of esters is 1. The number of rotatable bonds is 5. The number of carbonyl (C=O) groups excluding carboxylic acids is 2. The number of carbonyl (C=O) groups is 2. The normalized spacial score (nSPS) is 17.5. The third-order valence-electron chi connectivity index (χ3n) is 6.84. The second-order valence-corrected chi connectivity index (χ2v) is 9.33. The SMILES string of the molecule is COC(=O)c1ccc(-c2ccc(C(C)C(O)(c3ccc4c(c3)C(C)C(=O)N4)C(F)(F)F)c(Cl)c2)cc1F. The summed E-state index contributed by atoms with van der Waals surface area (Å²) in [5.41, 5.74) is -2.52. The van der Waals surface area contributed by atoms with Crippen LogP contribution in [-0.2, 0) is 15.1 Å². The van der Waals surface area contributed by atoms with Crippen molar-refractivity contribution in [3.8, 4) is 11.1 Å². The third kappa shape index (κ3) is 4.46. The van der Waals surface area contributed by atoms with Crippen LogP contribution in [-0.4, -0.2) is 30.3 Å². The number of aliphatic hydroxyl groups is 1. The Kier molecular flexibility index (Phi) is 6.81. The van der Waals surface area contributed by atoms with Crippen molar-refractivity contribution in [1.82, 2.24) is 0 Å². The molecular weight excluding hydrogens is 514 g/mol. The summed E-state index contributed by atoms with van der Waals surface area (Å²) in [6.07, 6.45) is -5.09. The van der Waals surface area contributed by atoms with Gasteiger partial charge in [0.25, 0.3) is 0 Å². The van der Waals surface area contributed by atoms with Gasteiger partial charge in [-0.15, -0.1) is 0 Å². The molecule has 0 aromatic heterocycles. The van der Waals surface area contributed by atoms with Crippen LogP contribution in [0.25, 0.3) is 11.1 Å². The van der Waals surface area contributed by atoms with Gasteiger partial charge in [0.05, 0.1) is 18.6 Å². The van der Waals surface area contributed by atoms with Crippen molar-refractivity contribution in [2.75, 3.05) is 12.4 Å². The number of anilines is 1. The molecule has 0 aliphatic carbocycles. The Morgan fingerprint density at radius 2 is 1.73 bits per heavy atom. The highest BCUT2D eigenvalue weighted by molar-refractivity contribution is 6.31. The first kappa shape index (κ1) is 26.6. The number of methoxy groups -OCH3 is 1. The summed E-state index contributed by atoms with van der Waals surface area (Å²) in [5, 5.41) is 13.7. The number of hydrogen-bond acceptors (Lipinski definition) is 4. The number of nitrogens with one attached hydrogen (secondary N) is 1. The van der Waals surface area contributed by atoms with Gasteiger partial charge >= 0.3 is 12.1 Å². The van der Waals surface area contributed by atoms with Crippen LogP contribution >= 0.6 is 11.6 Å². The monoisotopic (exact) mass is 535 g/mol. The first-order valence-corrected chi connectivity index (χ1v) is 11.6. The standard InChI is InChI=1S/C27H22ClF4NO4/c1-13-20-12-17(6-9-23(20)33-24(13)34)26(36,27(30,31)32)14(2)18-7-4-15(10-21(18)28)16-5-8-19(22(29)11-16)25(35)37-3/h4-14,36H,1-3H3,(H,33,34). The molecule has 5 nitrogen and oxygen atoms in total. The molecule has 3 unspecified atom stereocenters. The lowest BCUT2D eigenvalue weighted by Crippen LogP contribution is -2.46. The van der Waals surface area contributed by atoms with Crippen LogP contribution in [0.15, 0.2) is 54.6 Å². The zero-order valence-corrected chi connectivity index (χ0v) is 20.7. The van der Waals surface area contributed by atoms with Crippen LogP contribution in [0.1, 0.15) is 52.7 Å². The summed E-state index contributed by atoms with van der Waals surface area (Å²) in [4.78, 5) is 23.6. The molecule has 3 aromatic carbocycles. The van der Waals surface area contributed by atoms with Crippen molar-refractivity contribution < 1.29 is 37.0 Å². The van der Waals surface area contributed by atoms with Gasteiger partial charge in [0.15, 0.2) is 5.60 Å². The highest BCUT2D eigenvalue weighted by Crippen LogP contribution is 2.51. The maximum absolute atomic E-state index is 14.4. The van der Waals surface area contributed by atoms with E-state index in [0.29, 0.717) is 22.4 Å². The summed E-state index contributed by atoms with van der Waals surface area (Å²) >= 11 is 6.40. The van der Waals surface area contributed by atoms with Crippen LogP contribution < -0.4 is 5.32 Å². The summed E-state index contributed by atoms with van der Waals surface area (Å²) in [5.74, 6) is -4.24. The molecule has 3 aromatic rings. The van der Waals surface area contributed by atoms with Gasteiger partial charge in [-0.05, 0) is 65.1 Å². The van der Waals surface area contributed by atoms with Crippen molar-refractivity contribution in [3.63, 3.8) is 0 Å². The van der Waals surface area contributed by atoms with Gasteiger partial charge in [0.2, 0.25) is 5.91 Å². The van der Waals surface area contributed by atoms with Gasteiger partial charge in [-0.25, -0.2) is 9.18 Å². The van der Waals surface area contributed by atoms with Crippen molar-refractivity contribution >= 4 is 29.2 Å². The quantitative estimate of drug-likeness (QED) is 0.287. The molecule has 3 atom stereocenters. The smallest absolute Gasteiger partial charge is 0.422 e. The highest BCUT2D eigenvalue weighted by Gasteiger charge is 2.59. The summed E-state index contributed by atoms with van der Waals surface area (Å²) in [6.45, 7) is 2.77. The van der Waals surface area contributed by atoms with E-state index in [0.717, 1.165) is 19.2 Å². The fourth-order valence-corrected chi connectivity index (χ4v) is 4.91. The Hall–Kier alpha value is -3.43. The van der Waals surface area contributed by atoms with Crippen LogP contribution in [0, 0.1) is 5.82 Å². The van der Waals surface area contributed by atoms with Gasteiger partial charge in [-0.2, -0.15) is 13.2 Å². The fourth-order valence-electron chi connectivity index (χ4n) is 4.57. The number of alkyl halides is 3. The van der Waals surface area contributed by atoms with Crippen LogP contribution in [0.4, 0.5) is 23.2 Å². The Bertz CT molecular complexity index is 1410. The van der Waals surface area contributed by atoms with Crippen molar-refractivity contribution in [3.05, 3.63) is 87.7 Å². The zero-order valence-electron chi connectivity index (χ0n) is 19.9. The molecule has 0 bridgehead atoms. The summed E-state index contributed by atoms with van der Waals surface area (Å²) in [6, 6.07) is 11.6. The third-order valence-corrected chi connectivity index (χ3v) is 7.17. The lowest BCUT2D eigenvalue weighted by Gasteiger charge is -2.37. The molecule has 0 radical (unpaired) electrons. The van der Waals surface area contributed by atoms with Crippen molar-refractivity contribution in [2.24, 2.45) is 0 Å². The van der Waals surface area contributed by atoms with E-state index in [2.05, 4.69) is 10.1 Å². The second-order valence-electron chi connectivity index (χ2n) is 8.92. The molecule has 0 saturated carbocycles. The van der Waals surface area contributed by atoms with Gasteiger partial charge in [-0.3, -0.25) is 4.79 Å². The van der Waals surface area contributed by atoms with Crippen molar-refractivity contribution in [2.45, 2.75) is 37.5 Å². The van der Waals surface area contributed by atoms with Gasteiger partial charge in [0, 0.05) is 16.6 Å². The number of halogens is 5. The molecule has 0 spiro atoms. The van der Waals surface area contributed by atoms with E-state index in [9.17, 15) is 32.3 Å². The number of fused-ring (bicyclic) bond motifs is 1. The molecule has 0 fully saturated rings. The molecule has 37 heavy (non-hydrogen) atoms. The lowest BCUT2D eigenvalue weighted by atomic mass is 9.76. The van der Waals surface area contributed by atoms with E-state index >= 15 is 0 Å². The second kappa shape index (κ2) is 9.46. The molecule has 2 N–H and O–H groups in total. The molecule has 1 heterocycles. The van der Waals surface area contributed by atoms with Gasteiger partial charge in [0.1, 0.15) is 5.82 Å². The minimum Gasteiger partial charge on any atom is -0.465 e. The van der Waals surface area contributed by atoms with E-state index in [1.54, 1.807) is 6.92 Å². The molecule has 10 heteroatoms. The van der Waals surface area contributed by atoms with Crippen LogP contribution in [0.3, 0.4) is 0 Å². The molecular formula is C27H22ClF4NO4. The molecule has 1 amide bonds. The van der Waals surface area contributed by atoms with E-state index < -0.39 is 41.0 Å². The number of ether oxygens (including phenoxy) is 1. The fraction of sp³-hybridized carbons (Fsp3) is 0.259. The minimum absolute atomic E-state index is 0.0136. The van der Waals surface area contributed by atoms with Gasteiger partial charge < -0.3 is 15.2 Å². The first-order chi connectivity index (χ1) is 17.3. The van der Waals surface area contributed by atoms with E-state index in [-0.39, 0.29) is 22.1 Å². The Morgan fingerprint density at radius 1 is 1.08 bits per heavy atom. The maximum Gasteiger partial charge on any atom is 0.422 e. The highest BCUT2D eigenvalue weighted by atomic mass is 35.5. The largest absolute Gasteiger partial charge is 0.465 e. The Morgan fingerprint density at radius 3 is 2.32 bits per heavy atom. The molecule has 1 aliphatic rings. The van der Waals surface area contributed by atoms with E-state index in [1.165, 1.54) is 49.4 Å². The molecule has 4 rings (SSSR count). The van der Waals surface area contributed by atoms with Gasteiger partial charge in [-0.1, -0.05) is 42.8 Å². The lowest BCUT2D eigenvalue weighted by molar-refractivity contribution is -0.274. The van der Waals surface area contributed by atoms with E-state index in [1.807, 2.05) is 0 Å². The number of benzene rings is 3. The minimum atomic E-state index is -5.09. The predicted molar refractivity (Wildman–Crippen MR) is 130 cm³/mol. The topological polar surface area (TPSA) is 75.6 Å². The molecule has 0 saturated heterocycles. The number of amides is 1. The zero-order chi connectivity index (χ0) is 27.3. The van der Waals surface area contributed by atoms with Crippen LogP contribution in [0.2, 0.25) is 5.02 Å². The average molecular weight is 536 g/mol. The Labute approximate surface area is 215 Å². The molecule has 194 valence electrons. The van der Waals surface area contributed by atoms with E-state index in [4.69, 9.17) is 11.6 Å². The summed E-state index contributed by atoms with van der Waals surface area (Å²) < 4.78 is 62.3. The molecule has 1 aliphatic heterocycles. The summed E-state index contributed by atoms with van der Waals surface area (Å²) in [7, 11) is 1.12. The first-order valence-electron chi connectivity index (χ1n) is 11.2. The maximum atomic E-state index is 14.4. The van der Waals surface area contributed by atoms with Crippen molar-refractivity contribution in [1.29, 1.82) is 0 Å². The predicted octanol–water partition coefficient (Wildman–Crippen LogP) is 6.54.